The van der Waals surface area contributed by atoms with Crippen molar-refractivity contribution in [1.29, 1.82) is 0 Å². The number of anilines is 3. The van der Waals surface area contributed by atoms with Gasteiger partial charge in [0.2, 0.25) is 5.91 Å². The molecule has 0 aliphatic carbocycles. The number of nitrogen functional groups attached to an aromatic ring is 1. The minimum absolute atomic E-state index is 0.0917. The molecule has 2 aromatic heterocycles. The molecule has 0 radical (unpaired) electrons. The predicted octanol–water partition coefficient (Wildman–Crippen LogP) is 3.72. The summed E-state index contributed by atoms with van der Waals surface area (Å²) in [6.45, 7) is 0. The van der Waals surface area contributed by atoms with Crippen LogP contribution in [0.1, 0.15) is 16.1 Å². The molecule has 0 saturated carbocycles. The average molecular weight is 415 g/mol. The van der Waals surface area contributed by atoms with E-state index < -0.39 is 17.8 Å². The monoisotopic (exact) mass is 415 g/mol. The number of aromatic nitrogens is 2. The van der Waals surface area contributed by atoms with Crippen LogP contribution in [0.3, 0.4) is 0 Å². The predicted molar refractivity (Wildman–Crippen MR) is 97.4 cm³/mol. The van der Waals surface area contributed by atoms with Crippen molar-refractivity contribution >= 4 is 44.5 Å². The third kappa shape index (κ3) is 3.95. The molecule has 12 heteroatoms. The van der Waals surface area contributed by atoms with Crippen molar-refractivity contribution in [3.63, 3.8) is 0 Å². The fraction of sp³-hybridized carbons (Fsp3) is 0.133. The summed E-state index contributed by atoms with van der Waals surface area (Å²) in [5.41, 5.74) is 10.4. The Labute approximate surface area is 158 Å². The number of hydrogen-bond acceptors (Lipinski definition) is 8. The Balaban J connectivity index is 1.94. The van der Waals surface area contributed by atoms with Gasteiger partial charge in [-0.3, -0.25) is 4.79 Å². The zero-order chi connectivity index (χ0) is 19.8. The van der Waals surface area contributed by atoms with Gasteiger partial charge in [-0.15, -0.1) is 11.3 Å². The first kappa shape index (κ1) is 18.9. The molecular formula is C15H12F3N5O2S2. The van der Waals surface area contributed by atoms with Crippen molar-refractivity contribution in [2.45, 2.75) is 6.18 Å². The lowest BCUT2D eigenvalue weighted by atomic mass is 10.2. The number of ether oxygens (including phenoxy) is 1. The molecule has 0 unspecified atom stereocenters. The minimum atomic E-state index is -4.64. The van der Waals surface area contributed by atoms with Gasteiger partial charge in [0.1, 0.15) is 5.75 Å². The lowest BCUT2D eigenvalue weighted by Crippen LogP contribution is -2.11. The van der Waals surface area contributed by atoms with E-state index in [1.54, 1.807) is 6.07 Å². The highest BCUT2D eigenvalue weighted by Crippen LogP contribution is 2.42. The molecule has 0 fully saturated rings. The Morgan fingerprint density at radius 1 is 1.30 bits per heavy atom. The van der Waals surface area contributed by atoms with Crippen molar-refractivity contribution in [2.75, 3.05) is 18.2 Å². The topological polar surface area (TPSA) is 116 Å². The van der Waals surface area contributed by atoms with Gasteiger partial charge < -0.3 is 21.5 Å². The molecule has 0 spiro atoms. The molecule has 5 N–H and O–H groups in total. The van der Waals surface area contributed by atoms with E-state index in [1.165, 1.54) is 24.6 Å². The van der Waals surface area contributed by atoms with E-state index >= 15 is 0 Å². The molecule has 142 valence electrons. The fourth-order valence-electron chi connectivity index (χ4n) is 2.21. The Morgan fingerprint density at radius 3 is 2.67 bits per heavy atom. The Morgan fingerprint density at radius 2 is 2.04 bits per heavy atom. The smallest absolute Gasteiger partial charge is 0.434 e. The number of carbonyl (C=O) groups excluding carboxylic acids is 1. The maximum absolute atomic E-state index is 13.1. The number of halogens is 3. The SMILES string of the molecule is COc1ccc(C(N)=O)cc1Nc1nc(-c2sc(N)nc2C(F)(F)F)cs1. The number of primary amides is 1. The van der Waals surface area contributed by atoms with Gasteiger partial charge in [0, 0.05) is 10.9 Å². The molecule has 27 heavy (non-hydrogen) atoms. The number of hydrogen-bond donors (Lipinski definition) is 3. The summed E-state index contributed by atoms with van der Waals surface area (Å²) in [6.07, 6.45) is -4.64. The van der Waals surface area contributed by atoms with Gasteiger partial charge in [-0.05, 0) is 18.2 Å². The van der Waals surface area contributed by atoms with Gasteiger partial charge >= 0.3 is 6.18 Å². The van der Waals surface area contributed by atoms with Crippen LogP contribution >= 0.6 is 22.7 Å². The van der Waals surface area contributed by atoms with Crippen molar-refractivity contribution in [2.24, 2.45) is 5.73 Å². The van der Waals surface area contributed by atoms with Crippen LogP contribution in [-0.2, 0) is 6.18 Å². The van der Waals surface area contributed by atoms with Crippen molar-refractivity contribution in [1.82, 2.24) is 9.97 Å². The molecule has 0 atom stereocenters. The largest absolute Gasteiger partial charge is 0.495 e. The van der Waals surface area contributed by atoms with Crippen LogP contribution in [0.4, 0.5) is 29.1 Å². The molecule has 3 aromatic rings. The quantitative estimate of drug-likeness (QED) is 0.585. The summed E-state index contributed by atoms with van der Waals surface area (Å²) >= 11 is 1.78. The van der Waals surface area contributed by atoms with Crippen molar-refractivity contribution < 1.29 is 22.7 Å². The summed E-state index contributed by atoms with van der Waals surface area (Å²) in [5.74, 6) is -0.217. The zero-order valence-corrected chi connectivity index (χ0v) is 15.3. The van der Waals surface area contributed by atoms with Crippen LogP contribution in [0.25, 0.3) is 10.6 Å². The van der Waals surface area contributed by atoms with E-state index in [2.05, 4.69) is 15.3 Å². The molecule has 3 rings (SSSR count). The third-order valence-electron chi connectivity index (χ3n) is 3.37. The number of rotatable bonds is 5. The highest BCUT2D eigenvalue weighted by Gasteiger charge is 2.38. The molecule has 1 amide bonds. The van der Waals surface area contributed by atoms with E-state index in [1.807, 2.05) is 0 Å². The van der Waals surface area contributed by atoms with E-state index in [9.17, 15) is 18.0 Å². The molecule has 0 aliphatic rings. The number of nitrogens with two attached hydrogens (primary N) is 2. The first-order chi connectivity index (χ1) is 12.7. The van der Waals surface area contributed by atoms with E-state index in [0.717, 1.165) is 11.3 Å². The molecule has 0 aliphatic heterocycles. The summed E-state index contributed by atoms with van der Waals surface area (Å²) in [6, 6.07) is 4.51. The van der Waals surface area contributed by atoms with Crippen LogP contribution in [-0.4, -0.2) is 23.0 Å². The zero-order valence-electron chi connectivity index (χ0n) is 13.6. The second-order valence-electron chi connectivity index (χ2n) is 5.17. The van der Waals surface area contributed by atoms with Crippen LogP contribution in [0.5, 0.6) is 5.75 Å². The highest BCUT2D eigenvalue weighted by atomic mass is 32.1. The molecule has 0 saturated heterocycles. The third-order valence-corrected chi connectivity index (χ3v) is 5.04. The molecule has 7 nitrogen and oxygen atoms in total. The van der Waals surface area contributed by atoms with Crippen LogP contribution < -0.4 is 21.5 Å². The van der Waals surface area contributed by atoms with E-state index in [0.29, 0.717) is 27.9 Å². The molecule has 0 bridgehead atoms. The van der Waals surface area contributed by atoms with Crippen molar-refractivity contribution in [3.8, 4) is 16.3 Å². The Kier molecular flexibility index (Phi) is 4.93. The molecule has 2 heterocycles. The summed E-state index contributed by atoms with van der Waals surface area (Å²) in [7, 11) is 1.44. The number of methoxy groups -OCH3 is 1. The fourth-order valence-corrected chi connectivity index (χ4v) is 3.81. The second kappa shape index (κ2) is 7.04. The number of carbonyl (C=O) groups is 1. The Hall–Kier alpha value is -2.86. The number of amides is 1. The maximum atomic E-state index is 13.1. The number of thiazole rings is 2. The average Bonchev–Trinajstić information content (AvgIpc) is 3.20. The minimum Gasteiger partial charge on any atom is -0.495 e. The van der Waals surface area contributed by atoms with Gasteiger partial charge in [0.15, 0.2) is 16.0 Å². The first-order valence-corrected chi connectivity index (χ1v) is 8.93. The summed E-state index contributed by atoms with van der Waals surface area (Å²) in [4.78, 5) is 18.7. The van der Waals surface area contributed by atoms with Gasteiger partial charge in [0.25, 0.3) is 0 Å². The lowest BCUT2D eigenvalue weighted by molar-refractivity contribution is -0.140. The highest BCUT2D eigenvalue weighted by molar-refractivity contribution is 7.19. The maximum Gasteiger partial charge on any atom is 0.434 e. The number of alkyl halides is 3. The Bertz CT molecular complexity index is 1000. The molecular weight excluding hydrogens is 403 g/mol. The second-order valence-corrected chi connectivity index (χ2v) is 7.06. The number of benzene rings is 1. The first-order valence-electron chi connectivity index (χ1n) is 7.23. The number of nitrogens with zero attached hydrogens (tertiary/aromatic N) is 2. The van der Waals surface area contributed by atoms with Gasteiger partial charge in [-0.1, -0.05) is 11.3 Å². The normalized spacial score (nSPS) is 11.4. The standard InChI is InChI=1S/C15H12F3N5O2S2/c1-25-9-3-2-6(12(19)24)4-7(9)21-14-22-8(5-26-14)10-11(15(16,17)18)23-13(20)27-10/h2-5H,1H3,(H2,19,24)(H2,20,23)(H,21,22). The summed E-state index contributed by atoms with van der Waals surface area (Å²) < 4.78 is 44.5. The van der Waals surface area contributed by atoms with E-state index in [4.69, 9.17) is 16.2 Å². The number of nitrogens with one attached hydrogen (secondary N) is 1. The van der Waals surface area contributed by atoms with E-state index in [-0.39, 0.29) is 21.3 Å². The van der Waals surface area contributed by atoms with Gasteiger partial charge in [0.05, 0.1) is 23.4 Å². The molecule has 1 aromatic carbocycles. The van der Waals surface area contributed by atoms with Gasteiger partial charge in [-0.25, -0.2) is 9.97 Å². The van der Waals surface area contributed by atoms with Gasteiger partial charge in [-0.2, -0.15) is 13.2 Å². The van der Waals surface area contributed by atoms with Crippen LogP contribution in [0, 0.1) is 0 Å². The van der Waals surface area contributed by atoms with Crippen LogP contribution in [0.15, 0.2) is 23.6 Å². The van der Waals surface area contributed by atoms with Crippen LogP contribution in [0.2, 0.25) is 0 Å². The van der Waals surface area contributed by atoms with Crippen molar-refractivity contribution in [3.05, 3.63) is 34.8 Å². The lowest BCUT2D eigenvalue weighted by Gasteiger charge is -2.10. The summed E-state index contributed by atoms with van der Waals surface area (Å²) in [5, 5.41) is 4.47.